The molecule has 0 aromatic carbocycles. The Bertz CT molecular complexity index is 416. The van der Waals surface area contributed by atoms with Gasteiger partial charge in [-0.2, -0.15) is 0 Å². The highest BCUT2D eigenvalue weighted by molar-refractivity contribution is 4.98. The minimum Gasteiger partial charge on any atom is -0.395 e. The molecule has 26 heavy (non-hydrogen) atoms. The summed E-state index contributed by atoms with van der Waals surface area (Å²) < 4.78 is 0. The van der Waals surface area contributed by atoms with Gasteiger partial charge in [0, 0.05) is 0 Å². The molecule has 4 nitrogen and oxygen atoms in total. The molecule has 0 saturated carbocycles. The molecular weight excluding hydrogens is 326 g/mol. The second-order valence-electron chi connectivity index (χ2n) is 8.34. The zero-order valence-electron chi connectivity index (χ0n) is 17.6. The van der Waals surface area contributed by atoms with Gasteiger partial charge in [0.15, 0.2) is 0 Å². The zero-order valence-corrected chi connectivity index (χ0v) is 17.6. The quantitative estimate of drug-likeness (QED) is 0.349. The predicted octanol–water partition coefficient (Wildman–Crippen LogP) is 3.94. The van der Waals surface area contributed by atoms with Gasteiger partial charge in [-0.25, -0.2) is 0 Å². The molecule has 0 fully saturated rings. The molecular formula is C22H43NO3. The maximum atomic E-state index is 10.2. The predicted molar refractivity (Wildman–Crippen MR) is 111 cm³/mol. The second-order valence-corrected chi connectivity index (χ2v) is 8.34. The van der Waals surface area contributed by atoms with Crippen molar-refractivity contribution in [2.45, 2.75) is 97.8 Å². The first kappa shape index (κ1) is 25.3. The molecule has 5 N–H and O–H groups in total. The summed E-state index contributed by atoms with van der Waals surface area (Å²) in [6.45, 7) is 10.4. The van der Waals surface area contributed by atoms with Crippen LogP contribution in [0.15, 0.2) is 23.3 Å². The average Bonchev–Trinajstić information content (AvgIpc) is 2.58. The molecule has 5 atom stereocenters. The Morgan fingerprint density at radius 3 is 2.23 bits per heavy atom. The van der Waals surface area contributed by atoms with Crippen LogP contribution in [0.5, 0.6) is 0 Å². The number of rotatable bonds is 14. The van der Waals surface area contributed by atoms with Crippen molar-refractivity contribution in [3.8, 4) is 0 Å². The monoisotopic (exact) mass is 369 g/mol. The van der Waals surface area contributed by atoms with Crippen molar-refractivity contribution in [2.75, 3.05) is 6.61 Å². The lowest BCUT2D eigenvalue weighted by molar-refractivity contribution is 0.0876. The summed E-state index contributed by atoms with van der Waals surface area (Å²) in [5.41, 5.74) is 8.30. The fraction of sp³-hybridized carbons (Fsp3) is 0.818. The van der Waals surface area contributed by atoms with Crippen molar-refractivity contribution in [3.63, 3.8) is 0 Å². The molecule has 0 unspecified atom stereocenters. The lowest BCUT2D eigenvalue weighted by atomic mass is 9.93. The van der Waals surface area contributed by atoms with Crippen molar-refractivity contribution in [3.05, 3.63) is 23.3 Å². The van der Waals surface area contributed by atoms with Crippen LogP contribution in [0.3, 0.4) is 0 Å². The van der Waals surface area contributed by atoms with Crippen LogP contribution in [0.1, 0.15) is 79.6 Å². The Morgan fingerprint density at radius 2 is 1.65 bits per heavy atom. The van der Waals surface area contributed by atoms with Crippen molar-refractivity contribution < 1.29 is 15.3 Å². The molecule has 0 rings (SSSR count). The van der Waals surface area contributed by atoms with Gasteiger partial charge >= 0.3 is 0 Å². The van der Waals surface area contributed by atoms with Gasteiger partial charge in [0.2, 0.25) is 0 Å². The van der Waals surface area contributed by atoms with Gasteiger partial charge in [0.1, 0.15) is 0 Å². The summed E-state index contributed by atoms with van der Waals surface area (Å²) in [6, 6.07) is -0.538. The maximum Gasteiger partial charge on any atom is 0.0716 e. The molecule has 4 heteroatoms. The van der Waals surface area contributed by atoms with E-state index in [0.717, 1.165) is 38.5 Å². The van der Waals surface area contributed by atoms with Gasteiger partial charge in [-0.05, 0) is 77.6 Å². The normalized spacial score (nSPS) is 18.1. The number of aliphatic hydroxyl groups is 3. The van der Waals surface area contributed by atoms with Gasteiger partial charge in [0.05, 0.1) is 24.9 Å². The topological polar surface area (TPSA) is 86.7 Å². The number of hydrogen-bond acceptors (Lipinski definition) is 4. The Hall–Kier alpha value is -0.680. The summed E-state index contributed by atoms with van der Waals surface area (Å²) in [5, 5.41) is 29.0. The van der Waals surface area contributed by atoms with E-state index >= 15 is 0 Å². The van der Waals surface area contributed by atoms with Crippen LogP contribution in [0.2, 0.25) is 0 Å². The third-order valence-electron chi connectivity index (χ3n) is 5.16. The van der Waals surface area contributed by atoms with Crippen LogP contribution in [0, 0.1) is 11.8 Å². The standard InChI is InChI=1S/C22H43NO3/c1-16(2)12-13-21(25)19(5)11-7-9-17(3)8-6-10-18(4)14-22(26)20(23)15-24/h8,12,18-22,24-26H,6-7,9-11,13-15,23H2,1-5H3/b17-8-/t18-,19+,20-,21-,22+/m1/s1. The van der Waals surface area contributed by atoms with Crippen LogP contribution in [0.4, 0.5) is 0 Å². The van der Waals surface area contributed by atoms with E-state index in [2.05, 4.69) is 46.8 Å². The van der Waals surface area contributed by atoms with E-state index in [0.29, 0.717) is 18.3 Å². The van der Waals surface area contributed by atoms with E-state index in [1.807, 2.05) is 0 Å². The maximum absolute atomic E-state index is 10.2. The molecule has 154 valence electrons. The molecule has 0 aliphatic carbocycles. The van der Waals surface area contributed by atoms with Crippen LogP contribution in [0.25, 0.3) is 0 Å². The Labute approximate surface area is 161 Å². The van der Waals surface area contributed by atoms with Crippen molar-refractivity contribution >= 4 is 0 Å². The Balaban J connectivity index is 3.99. The van der Waals surface area contributed by atoms with Crippen LogP contribution < -0.4 is 5.73 Å². The van der Waals surface area contributed by atoms with Gasteiger partial charge in [-0.3, -0.25) is 0 Å². The molecule has 0 saturated heterocycles. The summed E-state index contributed by atoms with van der Waals surface area (Å²) in [4.78, 5) is 0. The molecule has 0 heterocycles. The molecule has 0 spiro atoms. The highest BCUT2D eigenvalue weighted by Gasteiger charge is 2.16. The first-order valence-corrected chi connectivity index (χ1v) is 10.2. The molecule has 0 bridgehead atoms. The average molecular weight is 370 g/mol. The summed E-state index contributed by atoms with van der Waals surface area (Å²) >= 11 is 0. The fourth-order valence-electron chi connectivity index (χ4n) is 3.03. The largest absolute Gasteiger partial charge is 0.395 e. The molecule has 0 aromatic rings. The number of hydrogen-bond donors (Lipinski definition) is 4. The minimum absolute atomic E-state index is 0.172. The van der Waals surface area contributed by atoms with E-state index in [4.69, 9.17) is 10.8 Å². The first-order valence-electron chi connectivity index (χ1n) is 10.2. The van der Waals surface area contributed by atoms with Gasteiger partial charge in [0.25, 0.3) is 0 Å². The van der Waals surface area contributed by atoms with E-state index in [-0.39, 0.29) is 12.7 Å². The molecule has 0 aliphatic heterocycles. The number of aliphatic hydroxyl groups excluding tert-OH is 3. The highest BCUT2D eigenvalue weighted by atomic mass is 16.3. The number of nitrogens with two attached hydrogens (primary N) is 1. The van der Waals surface area contributed by atoms with Gasteiger partial charge < -0.3 is 21.1 Å². The summed E-state index contributed by atoms with van der Waals surface area (Å²) in [6.07, 6.45) is 10.2. The van der Waals surface area contributed by atoms with E-state index in [1.54, 1.807) is 0 Å². The molecule has 0 radical (unpaired) electrons. The van der Waals surface area contributed by atoms with E-state index < -0.39 is 12.1 Å². The van der Waals surface area contributed by atoms with Gasteiger partial charge in [-0.15, -0.1) is 0 Å². The van der Waals surface area contributed by atoms with E-state index in [1.165, 1.54) is 11.1 Å². The lowest BCUT2D eigenvalue weighted by Gasteiger charge is -2.20. The summed E-state index contributed by atoms with van der Waals surface area (Å²) in [7, 11) is 0. The van der Waals surface area contributed by atoms with Crippen LogP contribution in [-0.2, 0) is 0 Å². The minimum atomic E-state index is -0.626. The zero-order chi connectivity index (χ0) is 20.1. The van der Waals surface area contributed by atoms with Crippen molar-refractivity contribution in [2.24, 2.45) is 17.6 Å². The SMILES string of the molecule is CC(C)=CC[C@@H](O)[C@@H](C)CCC/C(C)=C\CC[C@@H](C)C[C@H](O)[C@H](N)CO. The first-order chi connectivity index (χ1) is 12.2. The fourth-order valence-corrected chi connectivity index (χ4v) is 3.03. The molecule has 0 aliphatic rings. The lowest BCUT2D eigenvalue weighted by Crippen LogP contribution is -2.38. The Morgan fingerprint density at radius 1 is 1.00 bits per heavy atom. The third-order valence-corrected chi connectivity index (χ3v) is 5.16. The summed E-state index contributed by atoms with van der Waals surface area (Å²) in [5.74, 6) is 0.715. The molecule has 0 amide bonds. The van der Waals surface area contributed by atoms with Gasteiger partial charge in [-0.1, -0.05) is 37.1 Å². The smallest absolute Gasteiger partial charge is 0.0716 e. The van der Waals surface area contributed by atoms with Crippen molar-refractivity contribution in [1.82, 2.24) is 0 Å². The van der Waals surface area contributed by atoms with Crippen molar-refractivity contribution in [1.29, 1.82) is 0 Å². The van der Waals surface area contributed by atoms with E-state index in [9.17, 15) is 10.2 Å². The second kappa shape index (κ2) is 14.4. The number of allylic oxidation sites excluding steroid dienone is 3. The van der Waals surface area contributed by atoms with Crippen LogP contribution >= 0.6 is 0 Å². The highest BCUT2D eigenvalue weighted by Crippen LogP contribution is 2.20. The molecule has 0 aromatic heterocycles. The van der Waals surface area contributed by atoms with Crippen LogP contribution in [-0.4, -0.2) is 40.2 Å². The third kappa shape index (κ3) is 12.6. The Kier molecular flexibility index (Phi) is 14.0.